The summed E-state index contributed by atoms with van der Waals surface area (Å²) < 4.78 is 4.27. The average molecular weight is 224 g/mol. The standard InChI is InChI=1S/C10H16N4S/c1-7-12-10(15-13-7)14-4-2-3-8-5-11-6-9(8)14/h8-9,11H,2-6H2,1H3. The summed E-state index contributed by atoms with van der Waals surface area (Å²) in [6, 6.07) is 0.658. The maximum absolute atomic E-state index is 4.50. The monoisotopic (exact) mass is 224 g/mol. The van der Waals surface area contributed by atoms with Gasteiger partial charge in [-0.15, -0.1) is 0 Å². The Balaban J connectivity index is 1.85. The Morgan fingerprint density at radius 2 is 2.40 bits per heavy atom. The van der Waals surface area contributed by atoms with E-state index in [1.54, 1.807) is 11.5 Å². The van der Waals surface area contributed by atoms with Crippen LogP contribution in [0.1, 0.15) is 18.7 Å². The van der Waals surface area contributed by atoms with Crippen molar-refractivity contribution in [3.05, 3.63) is 5.82 Å². The van der Waals surface area contributed by atoms with Crippen molar-refractivity contribution >= 4 is 16.7 Å². The fraction of sp³-hybridized carbons (Fsp3) is 0.800. The molecule has 82 valence electrons. The van der Waals surface area contributed by atoms with Gasteiger partial charge in [0.2, 0.25) is 5.13 Å². The van der Waals surface area contributed by atoms with Gasteiger partial charge >= 0.3 is 0 Å². The fourth-order valence-electron chi connectivity index (χ4n) is 2.71. The molecule has 2 fully saturated rings. The molecule has 0 radical (unpaired) electrons. The van der Waals surface area contributed by atoms with Crippen molar-refractivity contribution < 1.29 is 0 Å². The molecule has 2 atom stereocenters. The summed E-state index contributed by atoms with van der Waals surface area (Å²) in [5, 5.41) is 4.60. The van der Waals surface area contributed by atoms with E-state index in [2.05, 4.69) is 19.6 Å². The second-order valence-electron chi connectivity index (χ2n) is 4.45. The van der Waals surface area contributed by atoms with E-state index in [4.69, 9.17) is 0 Å². The van der Waals surface area contributed by atoms with Crippen molar-refractivity contribution in [2.75, 3.05) is 24.5 Å². The van der Waals surface area contributed by atoms with Crippen LogP contribution in [-0.4, -0.2) is 35.0 Å². The van der Waals surface area contributed by atoms with Gasteiger partial charge in [-0.3, -0.25) is 0 Å². The molecule has 1 N–H and O–H groups in total. The van der Waals surface area contributed by atoms with E-state index in [1.807, 2.05) is 6.92 Å². The second-order valence-corrected chi connectivity index (χ2v) is 5.18. The lowest BCUT2D eigenvalue weighted by Crippen LogP contribution is -2.45. The number of aromatic nitrogens is 2. The van der Waals surface area contributed by atoms with Crippen LogP contribution in [0.5, 0.6) is 0 Å². The van der Waals surface area contributed by atoms with E-state index in [0.29, 0.717) is 6.04 Å². The van der Waals surface area contributed by atoms with Gasteiger partial charge < -0.3 is 10.2 Å². The summed E-state index contributed by atoms with van der Waals surface area (Å²) in [4.78, 5) is 6.96. The van der Waals surface area contributed by atoms with E-state index >= 15 is 0 Å². The minimum absolute atomic E-state index is 0.658. The summed E-state index contributed by atoms with van der Waals surface area (Å²) >= 11 is 1.54. The Morgan fingerprint density at radius 1 is 1.47 bits per heavy atom. The average Bonchev–Trinajstić information content (AvgIpc) is 2.84. The minimum Gasteiger partial charge on any atom is -0.342 e. The van der Waals surface area contributed by atoms with E-state index in [0.717, 1.165) is 30.0 Å². The van der Waals surface area contributed by atoms with Gasteiger partial charge in [0, 0.05) is 37.2 Å². The quantitative estimate of drug-likeness (QED) is 0.773. The Kier molecular flexibility index (Phi) is 2.36. The predicted octanol–water partition coefficient (Wildman–Crippen LogP) is 1.03. The van der Waals surface area contributed by atoms with Crippen molar-refractivity contribution in [1.29, 1.82) is 0 Å². The number of hydrogen-bond acceptors (Lipinski definition) is 5. The summed E-state index contributed by atoms with van der Waals surface area (Å²) in [5.41, 5.74) is 0. The van der Waals surface area contributed by atoms with Gasteiger partial charge in [0.15, 0.2) is 0 Å². The van der Waals surface area contributed by atoms with Gasteiger partial charge in [0.25, 0.3) is 0 Å². The zero-order chi connectivity index (χ0) is 10.3. The van der Waals surface area contributed by atoms with Crippen molar-refractivity contribution in [1.82, 2.24) is 14.7 Å². The molecule has 0 aliphatic carbocycles. The fourth-order valence-corrected chi connectivity index (χ4v) is 3.47. The lowest BCUT2D eigenvalue weighted by molar-refractivity contribution is 0.385. The maximum Gasteiger partial charge on any atom is 0.205 e. The molecule has 0 bridgehead atoms. The topological polar surface area (TPSA) is 41.1 Å². The highest BCUT2D eigenvalue weighted by molar-refractivity contribution is 7.09. The largest absolute Gasteiger partial charge is 0.342 e. The van der Waals surface area contributed by atoms with E-state index < -0.39 is 0 Å². The molecule has 15 heavy (non-hydrogen) atoms. The first kappa shape index (κ1) is 9.54. The third-order valence-electron chi connectivity index (χ3n) is 3.44. The number of piperidine rings is 1. The number of aryl methyl sites for hydroxylation is 1. The number of fused-ring (bicyclic) bond motifs is 1. The van der Waals surface area contributed by atoms with Crippen molar-refractivity contribution in [2.45, 2.75) is 25.8 Å². The van der Waals surface area contributed by atoms with E-state index in [1.165, 1.54) is 19.4 Å². The van der Waals surface area contributed by atoms with Gasteiger partial charge in [0.1, 0.15) is 5.82 Å². The van der Waals surface area contributed by atoms with E-state index in [9.17, 15) is 0 Å². The molecule has 2 aliphatic heterocycles. The molecule has 5 heteroatoms. The van der Waals surface area contributed by atoms with Gasteiger partial charge in [-0.25, -0.2) is 4.98 Å². The molecule has 3 rings (SSSR count). The minimum atomic E-state index is 0.658. The number of hydrogen-bond donors (Lipinski definition) is 1. The highest BCUT2D eigenvalue weighted by Crippen LogP contribution is 2.31. The third-order valence-corrected chi connectivity index (χ3v) is 4.29. The van der Waals surface area contributed by atoms with Gasteiger partial charge in [-0.05, 0) is 25.7 Å². The van der Waals surface area contributed by atoms with Crippen LogP contribution in [-0.2, 0) is 0 Å². The zero-order valence-corrected chi connectivity index (χ0v) is 9.76. The number of nitrogens with zero attached hydrogens (tertiary/aromatic N) is 3. The first-order valence-corrected chi connectivity index (χ1v) is 6.39. The Labute approximate surface area is 93.9 Å². The molecule has 1 aromatic rings. The summed E-state index contributed by atoms with van der Waals surface area (Å²) in [6.45, 7) is 5.41. The molecule has 0 spiro atoms. The molecule has 3 heterocycles. The Hall–Kier alpha value is -0.680. The van der Waals surface area contributed by atoms with Crippen LogP contribution in [0.3, 0.4) is 0 Å². The lowest BCUT2D eigenvalue weighted by atomic mass is 9.92. The Bertz CT molecular complexity index is 351. The van der Waals surface area contributed by atoms with Gasteiger partial charge in [-0.2, -0.15) is 4.37 Å². The first-order valence-electron chi connectivity index (χ1n) is 5.62. The van der Waals surface area contributed by atoms with Crippen LogP contribution < -0.4 is 10.2 Å². The SMILES string of the molecule is Cc1nsc(N2CCCC3CNCC32)n1. The molecule has 1 aromatic heterocycles. The highest BCUT2D eigenvalue weighted by Gasteiger charge is 2.36. The molecule has 4 nitrogen and oxygen atoms in total. The van der Waals surface area contributed by atoms with Gasteiger partial charge in [-0.1, -0.05) is 0 Å². The van der Waals surface area contributed by atoms with Crippen molar-refractivity contribution in [2.24, 2.45) is 5.92 Å². The zero-order valence-electron chi connectivity index (χ0n) is 8.94. The van der Waals surface area contributed by atoms with E-state index in [-0.39, 0.29) is 0 Å². The summed E-state index contributed by atoms with van der Waals surface area (Å²) in [5.74, 6) is 1.73. The van der Waals surface area contributed by atoms with Crippen LogP contribution in [0, 0.1) is 12.8 Å². The number of anilines is 1. The highest BCUT2D eigenvalue weighted by atomic mass is 32.1. The molecule has 2 unspecified atom stereocenters. The smallest absolute Gasteiger partial charge is 0.205 e. The summed E-state index contributed by atoms with van der Waals surface area (Å²) in [7, 11) is 0. The molecule has 2 aliphatic rings. The van der Waals surface area contributed by atoms with Crippen LogP contribution in [0.25, 0.3) is 0 Å². The normalized spacial score (nSPS) is 30.6. The number of nitrogens with one attached hydrogen (secondary N) is 1. The molecule has 0 amide bonds. The first-order chi connectivity index (χ1) is 7.34. The number of rotatable bonds is 1. The van der Waals surface area contributed by atoms with Gasteiger partial charge in [0.05, 0.1) is 0 Å². The van der Waals surface area contributed by atoms with Crippen LogP contribution >= 0.6 is 11.5 Å². The van der Waals surface area contributed by atoms with Crippen molar-refractivity contribution in [3.8, 4) is 0 Å². The van der Waals surface area contributed by atoms with Crippen LogP contribution in [0.15, 0.2) is 0 Å². The molecular weight excluding hydrogens is 208 g/mol. The van der Waals surface area contributed by atoms with Crippen LogP contribution in [0.4, 0.5) is 5.13 Å². The molecular formula is C10H16N4S. The van der Waals surface area contributed by atoms with Crippen molar-refractivity contribution in [3.63, 3.8) is 0 Å². The molecule has 2 saturated heterocycles. The maximum atomic E-state index is 4.50. The molecule has 0 aromatic carbocycles. The second kappa shape index (κ2) is 3.72. The third kappa shape index (κ3) is 1.63. The predicted molar refractivity (Wildman–Crippen MR) is 61.4 cm³/mol. The summed E-state index contributed by atoms with van der Waals surface area (Å²) in [6.07, 6.45) is 2.66. The van der Waals surface area contributed by atoms with Crippen LogP contribution in [0.2, 0.25) is 0 Å². The Morgan fingerprint density at radius 3 is 3.20 bits per heavy atom. The molecule has 0 saturated carbocycles. The lowest BCUT2D eigenvalue weighted by Gasteiger charge is -2.36.